The SMILES string of the molecule is CCNC(=NCc1ccc(F)cc1)NCc1ccc(Cn2ccnc2)cc1.I. The molecule has 0 aliphatic rings. The smallest absolute Gasteiger partial charge is 0.191 e. The molecule has 0 aliphatic heterocycles. The molecular weight excluding hydrogens is 468 g/mol. The number of imidazole rings is 1. The number of hydrogen-bond donors (Lipinski definition) is 2. The van der Waals surface area contributed by atoms with E-state index >= 15 is 0 Å². The molecule has 3 rings (SSSR count). The van der Waals surface area contributed by atoms with Crippen molar-refractivity contribution >= 4 is 29.9 Å². The van der Waals surface area contributed by atoms with Crippen LogP contribution in [0.3, 0.4) is 0 Å². The lowest BCUT2D eigenvalue weighted by atomic mass is 10.1. The van der Waals surface area contributed by atoms with E-state index in [9.17, 15) is 4.39 Å². The zero-order valence-electron chi connectivity index (χ0n) is 15.8. The third kappa shape index (κ3) is 6.95. The van der Waals surface area contributed by atoms with Crippen LogP contribution in [-0.2, 0) is 19.6 Å². The zero-order valence-corrected chi connectivity index (χ0v) is 18.1. The first-order chi connectivity index (χ1) is 13.2. The summed E-state index contributed by atoms with van der Waals surface area (Å²) in [6, 6.07) is 14.9. The predicted octanol–water partition coefficient (Wildman–Crippen LogP) is 3.94. The van der Waals surface area contributed by atoms with Crippen LogP contribution in [0.1, 0.15) is 23.6 Å². The van der Waals surface area contributed by atoms with Crippen LogP contribution in [-0.4, -0.2) is 22.1 Å². The van der Waals surface area contributed by atoms with Crippen molar-refractivity contribution in [2.24, 2.45) is 4.99 Å². The van der Waals surface area contributed by atoms with Crippen LogP contribution >= 0.6 is 24.0 Å². The van der Waals surface area contributed by atoms with Crippen molar-refractivity contribution in [1.29, 1.82) is 0 Å². The van der Waals surface area contributed by atoms with Gasteiger partial charge in [0.2, 0.25) is 0 Å². The Balaban J connectivity index is 0.00000280. The first-order valence-corrected chi connectivity index (χ1v) is 9.03. The number of halogens is 2. The zero-order chi connectivity index (χ0) is 18.9. The third-order valence-electron chi connectivity index (χ3n) is 4.08. The first kappa shape index (κ1) is 21.9. The van der Waals surface area contributed by atoms with Gasteiger partial charge in [-0.25, -0.2) is 14.4 Å². The van der Waals surface area contributed by atoms with Crippen LogP contribution in [0.25, 0.3) is 0 Å². The molecule has 1 aromatic heterocycles. The maximum absolute atomic E-state index is 13.0. The van der Waals surface area contributed by atoms with Gasteiger partial charge < -0.3 is 15.2 Å². The molecule has 0 aliphatic carbocycles. The number of nitrogens with one attached hydrogen (secondary N) is 2. The Kier molecular flexibility index (Phi) is 8.93. The molecule has 7 heteroatoms. The minimum Gasteiger partial charge on any atom is -0.357 e. The maximum Gasteiger partial charge on any atom is 0.191 e. The Morgan fingerprint density at radius 3 is 2.32 bits per heavy atom. The highest BCUT2D eigenvalue weighted by atomic mass is 127. The summed E-state index contributed by atoms with van der Waals surface area (Å²) in [6.07, 6.45) is 5.55. The number of nitrogens with zero attached hydrogens (tertiary/aromatic N) is 3. The van der Waals surface area contributed by atoms with E-state index in [4.69, 9.17) is 0 Å². The molecule has 0 fully saturated rings. The average Bonchev–Trinajstić information content (AvgIpc) is 3.19. The summed E-state index contributed by atoms with van der Waals surface area (Å²) in [5, 5.41) is 6.56. The number of aromatic nitrogens is 2. The number of hydrogen-bond acceptors (Lipinski definition) is 2. The second-order valence-electron chi connectivity index (χ2n) is 6.23. The number of guanidine groups is 1. The Morgan fingerprint density at radius 2 is 1.68 bits per heavy atom. The molecule has 0 saturated heterocycles. The molecule has 0 amide bonds. The molecule has 0 atom stereocenters. The van der Waals surface area contributed by atoms with Gasteiger partial charge in [0.25, 0.3) is 0 Å². The Morgan fingerprint density at radius 1 is 1.00 bits per heavy atom. The van der Waals surface area contributed by atoms with Crippen molar-refractivity contribution in [3.63, 3.8) is 0 Å². The molecule has 0 bridgehead atoms. The van der Waals surface area contributed by atoms with Crippen LogP contribution in [0.15, 0.2) is 72.2 Å². The van der Waals surface area contributed by atoms with Gasteiger partial charge in [0.05, 0.1) is 12.9 Å². The lowest BCUT2D eigenvalue weighted by Gasteiger charge is -2.12. The van der Waals surface area contributed by atoms with E-state index in [0.29, 0.717) is 13.1 Å². The quantitative estimate of drug-likeness (QED) is 0.298. The van der Waals surface area contributed by atoms with Crippen molar-refractivity contribution < 1.29 is 4.39 Å². The van der Waals surface area contributed by atoms with Crippen LogP contribution in [0, 0.1) is 5.82 Å². The fourth-order valence-electron chi connectivity index (χ4n) is 2.64. The molecular formula is C21H25FIN5. The summed E-state index contributed by atoms with van der Waals surface area (Å²) < 4.78 is 15.0. The molecule has 2 N–H and O–H groups in total. The Labute approximate surface area is 182 Å². The van der Waals surface area contributed by atoms with Gasteiger partial charge in [0.15, 0.2) is 5.96 Å². The molecule has 5 nitrogen and oxygen atoms in total. The van der Waals surface area contributed by atoms with Gasteiger partial charge in [0, 0.05) is 32.0 Å². The minimum absolute atomic E-state index is 0. The lowest BCUT2D eigenvalue weighted by molar-refractivity contribution is 0.627. The standard InChI is InChI=1S/C21H24FN5.HI/c1-2-24-21(26-14-18-7-9-20(22)10-8-18)25-13-17-3-5-19(6-4-17)15-27-12-11-23-16-27;/h3-12,16H,2,13-15H2,1H3,(H2,24,25,26);1H. The van der Waals surface area contributed by atoms with Gasteiger partial charge in [0.1, 0.15) is 5.82 Å². The van der Waals surface area contributed by atoms with Crippen molar-refractivity contribution in [3.05, 3.63) is 89.8 Å². The summed E-state index contributed by atoms with van der Waals surface area (Å²) in [7, 11) is 0. The van der Waals surface area contributed by atoms with E-state index in [-0.39, 0.29) is 29.8 Å². The number of rotatable bonds is 7. The van der Waals surface area contributed by atoms with Gasteiger partial charge in [-0.2, -0.15) is 0 Å². The highest BCUT2D eigenvalue weighted by Gasteiger charge is 2.00. The largest absolute Gasteiger partial charge is 0.357 e. The molecule has 0 spiro atoms. The molecule has 0 radical (unpaired) electrons. The lowest BCUT2D eigenvalue weighted by Crippen LogP contribution is -2.36. The first-order valence-electron chi connectivity index (χ1n) is 9.03. The van der Waals surface area contributed by atoms with Crippen molar-refractivity contribution in [2.75, 3.05) is 6.54 Å². The Bertz CT molecular complexity index is 846. The van der Waals surface area contributed by atoms with E-state index in [1.807, 2.05) is 24.0 Å². The second kappa shape index (κ2) is 11.4. The summed E-state index contributed by atoms with van der Waals surface area (Å²) >= 11 is 0. The second-order valence-corrected chi connectivity index (χ2v) is 6.23. The predicted molar refractivity (Wildman–Crippen MR) is 121 cm³/mol. The summed E-state index contributed by atoms with van der Waals surface area (Å²) in [6.45, 7) is 4.80. The minimum atomic E-state index is -0.232. The molecule has 28 heavy (non-hydrogen) atoms. The summed E-state index contributed by atoms with van der Waals surface area (Å²) in [5.74, 6) is 0.508. The third-order valence-corrected chi connectivity index (χ3v) is 4.08. The molecule has 148 valence electrons. The van der Waals surface area contributed by atoms with Gasteiger partial charge in [-0.15, -0.1) is 24.0 Å². The van der Waals surface area contributed by atoms with E-state index in [2.05, 4.69) is 44.9 Å². The van der Waals surface area contributed by atoms with Gasteiger partial charge in [-0.3, -0.25) is 0 Å². The Hall–Kier alpha value is -2.42. The molecule has 0 saturated carbocycles. The highest BCUT2D eigenvalue weighted by Crippen LogP contribution is 2.07. The maximum atomic E-state index is 13.0. The molecule has 3 aromatic rings. The van der Waals surface area contributed by atoms with E-state index in [1.54, 1.807) is 18.3 Å². The normalized spacial score (nSPS) is 11.0. The average molecular weight is 493 g/mol. The van der Waals surface area contributed by atoms with Crippen LogP contribution in [0.2, 0.25) is 0 Å². The van der Waals surface area contributed by atoms with Gasteiger partial charge in [-0.1, -0.05) is 36.4 Å². The molecule has 1 heterocycles. The summed E-state index contributed by atoms with van der Waals surface area (Å²) in [4.78, 5) is 8.62. The molecule has 2 aromatic carbocycles. The van der Waals surface area contributed by atoms with Crippen LogP contribution < -0.4 is 10.6 Å². The van der Waals surface area contributed by atoms with E-state index in [1.165, 1.54) is 23.3 Å². The fraction of sp³-hybridized carbons (Fsp3) is 0.238. The molecule has 0 unspecified atom stereocenters. The monoisotopic (exact) mass is 493 g/mol. The van der Waals surface area contributed by atoms with Gasteiger partial charge >= 0.3 is 0 Å². The van der Waals surface area contributed by atoms with Crippen LogP contribution in [0.5, 0.6) is 0 Å². The van der Waals surface area contributed by atoms with Crippen molar-refractivity contribution in [3.8, 4) is 0 Å². The number of benzene rings is 2. The number of aliphatic imine (C=N–C) groups is 1. The van der Waals surface area contributed by atoms with E-state index < -0.39 is 0 Å². The highest BCUT2D eigenvalue weighted by molar-refractivity contribution is 14.0. The van der Waals surface area contributed by atoms with Gasteiger partial charge in [-0.05, 0) is 35.7 Å². The topological polar surface area (TPSA) is 54.2 Å². The van der Waals surface area contributed by atoms with E-state index in [0.717, 1.165) is 24.6 Å². The van der Waals surface area contributed by atoms with Crippen LogP contribution in [0.4, 0.5) is 4.39 Å². The van der Waals surface area contributed by atoms with Crippen molar-refractivity contribution in [1.82, 2.24) is 20.2 Å². The van der Waals surface area contributed by atoms with Crippen molar-refractivity contribution in [2.45, 2.75) is 26.6 Å². The fourth-order valence-corrected chi connectivity index (χ4v) is 2.64. The summed E-state index contributed by atoms with van der Waals surface area (Å²) in [5.41, 5.74) is 3.38.